The smallest absolute Gasteiger partial charge is 0.101 e. The van der Waals surface area contributed by atoms with Crippen LogP contribution in [0.15, 0.2) is 36.4 Å². The Hall–Kier alpha value is -3.94. The maximum absolute atomic E-state index is 10.1. The lowest BCUT2D eigenvalue weighted by Gasteiger charge is -2.06. The molecule has 0 aliphatic carbocycles. The molecule has 6 heteroatoms. The van der Waals surface area contributed by atoms with Crippen LogP contribution in [0.1, 0.15) is 32.0 Å². The average molecular weight is 421 g/mol. The highest BCUT2D eigenvalue weighted by Crippen LogP contribution is 2.42. The van der Waals surface area contributed by atoms with Crippen LogP contribution >= 0.6 is 22.7 Å². The highest BCUT2D eigenvalue weighted by molar-refractivity contribution is 7.19. The number of allylic oxidation sites excluding steroid dienone is 2. The van der Waals surface area contributed by atoms with Crippen LogP contribution in [0.5, 0.6) is 0 Å². The zero-order valence-corrected chi connectivity index (χ0v) is 17.7. The van der Waals surface area contributed by atoms with E-state index in [1.165, 1.54) is 22.7 Å². The first kappa shape index (κ1) is 19.4. The van der Waals surface area contributed by atoms with Gasteiger partial charge in [-0.15, -0.1) is 22.7 Å². The molecule has 0 atom stereocenters. The van der Waals surface area contributed by atoms with Gasteiger partial charge in [-0.1, -0.05) is 12.1 Å². The summed E-state index contributed by atoms with van der Waals surface area (Å²) in [6, 6.07) is 19.6. The second-order valence-electron chi connectivity index (χ2n) is 6.69. The molecule has 2 aromatic heterocycles. The quantitative estimate of drug-likeness (QED) is 0.349. The Bertz CT molecular complexity index is 1440. The van der Waals surface area contributed by atoms with Crippen molar-refractivity contribution in [2.45, 2.75) is 13.8 Å². The fourth-order valence-corrected chi connectivity index (χ4v) is 5.89. The van der Waals surface area contributed by atoms with Crippen molar-refractivity contribution < 1.29 is 0 Å². The molecule has 0 unspecified atom stereocenters. The molecule has 0 spiro atoms. The molecule has 0 aliphatic heterocycles. The highest BCUT2D eigenvalue weighted by Gasteiger charge is 2.22. The van der Waals surface area contributed by atoms with E-state index >= 15 is 0 Å². The first-order valence-electron chi connectivity index (χ1n) is 8.94. The highest BCUT2D eigenvalue weighted by atomic mass is 32.1. The number of rotatable bonds is 2. The third kappa shape index (κ3) is 2.93. The molecule has 0 saturated heterocycles. The molecular formula is C24H12N4S2. The van der Waals surface area contributed by atoms with Gasteiger partial charge in [0, 0.05) is 41.1 Å². The van der Waals surface area contributed by atoms with Gasteiger partial charge in [0.05, 0.1) is 34.4 Å². The average Bonchev–Trinajstić information content (AvgIpc) is 3.25. The number of thiophene rings is 2. The molecule has 0 amide bonds. The number of fused-ring (bicyclic) bond motifs is 2. The molecule has 0 N–H and O–H groups in total. The molecule has 0 fully saturated rings. The van der Waals surface area contributed by atoms with Crippen molar-refractivity contribution >= 4 is 54.0 Å². The van der Waals surface area contributed by atoms with E-state index in [0.717, 1.165) is 41.1 Å². The van der Waals surface area contributed by atoms with Gasteiger partial charge in [0.1, 0.15) is 12.1 Å². The summed E-state index contributed by atoms with van der Waals surface area (Å²) in [4.78, 5) is 1.85. The van der Waals surface area contributed by atoms with E-state index in [-0.39, 0.29) is 0 Å². The van der Waals surface area contributed by atoms with Gasteiger partial charge >= 0.3 is 0 Å². The van der Waals surface area contributed by atoms with Crippen LogP contribution in [0.3, 0.4) is 0 Å². The molecule has 0 bridgehead atoms. The summed E-state index contributed by atoms with van der Waals surface area (Å²) in [5.74, 6) is 0. The molecule has 0 aliphatic rings. The van der Waals surface area contributed by atoms with Crippen molar-refractivity contribution in [2.75, 3.05) is 0 Å². The van der Waals surface area contributed by atoms with E-state index in [1.807, 2.05) is 38.1 Å². The minimum absolute atomic E-state index is 0.332. The van der Waals surface area contributed by atoms with E-state index in [4.69, 9.17) is 0 Å². The molecule has 4 aromatic rings. The van der Waals surface area contributed by atoms with Gasteiger partial charge in [-0.2, -0.15) is 21.0 Å². The predicted molar refractivity (Wildman–Crippen MR) is 121 cm³/mol. The van der Waals surface area contributed by atoms with Gasteiger partial charge in [0.2, 0.25) is 0 Å². The summed E-state index contributed by atoms with van der Waals surface area (Å²) in [7, 11) is 0. The summed E-state index contributed by atoms with van der Waals surface area (Å²) in [6.45, 7) is 3.85. The van der Waals surface area contributed by atoms with Crippen molar-refractivity contribution in [2.24, 2.45) is 0 Å². The minimum atomic E-state index is 0.332. The fourth-order valence-electron chi connectivity index (χ4n) is 3.67. The molecule has 2 heterocycles. The van der Waals surface area contributed by atoms with Crippen LogP contribution in [0.4, 0.5) is 0 Å². The van der Waals surface area contributed by atoms with E-state index in [9.17, 15) is 21.0 Å². The lowest BCUT2D eigenvalue weighted by atomic mass is 9.92. The van der Waals surface area contributed by atoms with Crippen LogP contribution in [0, 0.1) is 59.2 Å². The van der Waals surface area contributed by atoms with Crippen molar-refractivity contribution in [3.63, 3.8) is 0 Å². The zero-order valence-electron chi connectivity index (χ0n) is 16.1. The number of aryl methyl sites for hydroxylation is 2. The fraction of sp³-hybridized carbons (Fsp3) is 0.0833. The molecule has 0 saturated carbocycles. The van der Waals surface area contributed by atoms with Crippen molar-refractivity contribution in [3.05, 3.63) is 68.4 Å². The Balaban J connectivity index is 2.06. The molecule has 4 rings (SSSR count). The number of hydrogen-bond acceptors (Lipinski definition) is 6. The Morgan fingerprint density at radius 1 is 0.667 bits per heavy atom. The normalized spacial score (nSPS) is 11.4. The number of benzene rings is 2. The summed E-state index contributed by atoms with van der Waals surface area (Å²) in [5.41, 5.74) is 3.27. The molecular weight excluding hydrogens is 408 g/mol. The van der Waals surface area contributed by atoms with Crippen LogP contribution in [-0.4, -0.2) is 0 Å². The Morgan fingerprint density at radius 2 is 1.07 bits per heavy atom. The zero-order chi connectivity index (χ0) is 21.4. The van der Waals surface area contributed by atoms with Gasteiger partial charge in [-0.25, -0.2) is 0 Å². The summed E-state index contributed by atoms with van der Waals surface area (Å²) >= 11 is 3.02. The maximum Gasteiger partial charge on any atom is 0.101 e. The van der Waals surface area contributed by atoms with Crippen LogP contribution in [0.2, 0.25) is 0 Å². The number of hydrogen-bond donors (Lipinski definition) is 0. The maximum atomic E-state index is 10.1. The minimum Gasteiger partial charge on any atom is -0.192 e. The third-order valence-electron chi connectivity index (χ3n) is 4.96. The van der Waals surface area contributed by atoms with Gasteiger partial charge in [0.15, 0.2) is 0 Å². The second-order valence-corrected chi connectivity index (χ2v) is 9.20. The predicted octanol–water partition coefficient (Wildman–Crippen LogP) is 6.43. The van der Waals surface area contributed by atoms with Crippen molar-refractivity contribution in [3.8, 4) is 24.3 Å². The van der Waals surface area contributed by atoms with Crippen molar-refractivity contribution in [1.29, 1.82) is 21.0 Å². The second kappa shape index (κ2) is 7.47. The topological polar surface area (TPSA) is 95.2 Å². The van der Waals surface area contributed by atoms with Crippen LogP contribution in [0.25, 0.3) is 31.3 Å². The SMILES string of the molecule is Cc1sc2cc(C#N)ccc2c1/C(C#N)=C(/C#N)c1c(C)sc2cc(C#N)ccc12. The molecule has 2 aromatic carbocycles. The molecule has 140 valence electrons. The summed E-state index contributed by atoms with van der Waals surface area (Å²) in [5, 5.41) is 40.3. The first-order chi connectivity index (χ1) is 14.5. The largest absolute Gasteiger partial charge is 0.192 e. The van der Waals surface area contributed by atoms with Gasteiger partial charge in [0.25, 0.3) is 0 Å². The number of nitrogens with zero attached hydrogens (tertiary/aromatic N) is 4. The summed E-state index contributed by atoms with van der Waals surface area (Å²) in [6.07, 6.45) is 0. The Kier molecular flexibility index (Phi) is 4.83. The Labute approximate surface area is 181 Å². The number of nitriles is 4. The molecule has 4 nitrogen and oxygen atoms in total. The van der Waals surface area contributed by atoms with E-state index in [2.05, 4.69) is 24.3 Å². The van der Waals surface area contributed by atoms with E-state index < -0.39 is 0 Å². The van der Waals surface area contributed by atoms with Gasteiger partial charge in [-0.3, -0.25) is 0 Å². The lowest BCUT2D eigenvalue weighted by Crippen LogP contribution is -1.91. The van der Waals surface area contributed by atoms with Gasteiger partial charge < -0.3 is 0 Å². The Morgan fingerprint density at radius 3 is 1.40 bits per heavy atom. The van der Waals surface area contributed by atoms with E-state index in [1.54, 1.807) is 12.1 Å². The summed E-state index contributed by atoms with van der Waals surface area (Å²) < 4.78 is 1.83. The van der Waals surface area contributed by atoms with Gasteiger partial charge in [-0.05, 0) is 38.1 Å². The standard InChI is InChI=1S/C24H12N4S2/c1-13-23(17-5-3-15(9-25)7-21(17)29-13)19(11-27)20(12-28)24-14(2)30-22-8-16(10-26)4-6-18(22)24/h3-8H,1-2H3/b20-19-. The van der Waals surface area contributed by atoms with Crippen molar-refractivity contribution in [1.82, 2.24) is 0 Å². The lowest BCUT2D eigenvalue weighted by molar-refractivity contribution is 1.49. The monoisotopic (exact) mass is 420 g/mol. The van der Waals surface area contributed by atoms with E-state index in [0.29, 0.717) is 22.3 Å². The van der Waals surface area contributed by atoms with Crippen LogP contribution in [-0.2, 0) is 0 Å². The third-order valence-corrected chi connectivity index (χ3v) is 7.10. The molecule has 0 radical (unpaired) electrons. The first-order valence-corrected chi connectivity index (χ1v) is 10.6. The molecule has 30 heavy (non-hydrogen) atoms. The van der Waals surface area contributed by atoms with Crippen LogP contribution < -0.4 is 0 Å².